The van der Waals surface area contributed by atoms with E-state index in [1.165, 1.54) is 5.56 Å². The van der Waals surface area contributed by atoms with Crippen LogP contribution in [0.25, 0.3) is 0 Å². The Morgan fingerprint density at radius 1 is 1.35 bits per heavy atom. The quantitative estimate of drug-likeness (QED) is 0.175. The van der Waals surface area contributed by atoms with Crippen LogP contribution in [0, 0.1) is 6.92 Å². The molecule has 0 aliphatic rings. The van der Waals surface area contributed by atoms with Gasteiger partial charge in [-0.2, -0.15) is 0 Å². The molecular weight excluding hydrogens is 479 g/mol. The number of hydrogen-bond acceptors (Lipinski definition) is 5. The van der Waals surface area contributed by atoms with Crippen molar-refractivity contribution in [1.29, 1.82) is 0 Å². The lowest BCUT2D eigenvalue weighted by molar-refractivity contribution is 0.336. The highest BCUT2D eigenvalue weighted by molar-refractivity contribution is 14.0. The maximum Gasteiger partial charge on any atom is 0.191 e. The van der Waals surface area contributed by atoms with Gasteiger partial charge in [0.1, 0.15) is 10.1 Å². The molecule has 0 atom stereocenters. The van der Waals surface area contributed by atoms with Crippen molar-refractivity contribution >= 4 is 53.0 Å². The Bertz CT molecular complexity index is 665. The Morgan fingerprint density at radius 3 is 2.88 bits per heavy atom. The molecular formula is C18H27IN4OS2. The molecule has 0 aliphatic carbocycles. The van der Waals surface area contributed by atoms with Crippen LogP contribution in [0.4, 0.5) is 0 Å². The first-order valence-corrected chi connectivity index (χ1v) is 10.3. The first-order valence-electron chi connectivity index (χ1n) is 8.42. The average Bonchev–Trinajstić information content (AvgIpc) is 3.12. The van der Waals surface area contributed by atoms with Crippen LogP contribution in [0.15, 0.2) is 39.1 Å². The Hall–Kier alpha value is -1.000. The first kappa shape index (κ1) is 23.0. The van der Waals surface area contributed by atoms with Gasteiger partial charge in [0.05, 0.1) is 6.61 Å². The lowest BCUT2D eigenvalue weighted by atomic mass is 10.1. The van der Waals surface area contributed by atoms with Crippen LogP contribution in [0.2, 0.25) is 0 Å². The monoisotopic (exact) mass is 506 g/mol. The van der Waals surface area contributed by atoms with E-state index in [1.807, 2.05) is 18.5 Å². The van der Waals surface area contributed by atoms with E-state index in [4.69, 9.17) is 4.74 Å². The molecule has 0 saturated heterocycles. The standard InChI is InChI=1S/C18H26N4OS2.HI/c1-4-23-16-12-14(2)6-7-15(16)13-22-17(19-3)20-8-5-10-24-18-21-9-11-25-18;/h6-7,9,11-12H,4-5,8,10,13H2,1-3H3,(H2,19,20,22);1H. The number of nitrogens with one attached hydrogen (secondary N) is 2. The molecule has 0 spiro atoms. The fourth-order valence-electron chi connectivity index (χ4n) is 2.22. The van der Waals surface area contributed by atoms with Crippen LogP contribution in [0.3, 0.4) is 0 Å². The molecule has 1 heterocycles. The summed E-state index contributed by atoms with van der Waals surface area (Å²) in [4.78, 5) is 8.55. The lowest BCUT2D eigenvalue weighted by Crippen LogP contribution is -2.37. The van der Waals surface area contributed by atoms with Crippen molar-refractivity contribution in [2.24, 2.45) is 4.99 Å². The molecule has 144 valence electrons. The predicted molar refractivity (Wildman–Crippen MR) is 123 cm³/mol. The zero-order valence-corrected chi connectivity index (χ0v) is 19.4. The maximum atomic E-state index is 5.72. The van der Waals surface area contributed by atoms with E-state index in [1.54, 1.807) is 30.1 Å². The second-order valence-electron chi connectivity index (χ2n) is 5.40. The van der Waals surface area contributed by atoms with Gasteiger partial charge in [0.25, 0.3) is 0 Å². The summed E-state index contributed by atoms with van der Waals surface area (Å²) in [5.74, 6) is 2.79. The van der Waals surface area contributed by atoms with Crippen molar-refractivity contribution in [3.05, 3.63) is 40.9 Å². The van der Waals surface area contributed by atoms with Gasteiger partial charge >= 0.3 is 0 Å². The predicted octanol–water partition coefficient (Wildman–Crippen LogP) is 4.32. The number of hydrogen-bond donors (Lipinski definition) is 2. The number of ether oxygens (including phenoxy) is 1. The summed E-state index contributed by atoms with van der Waals surface area (Å²) in [5.41, 5.74) is 2.34. The summed E-state index contributed by atoms with van der Waals surface area (Å²) in [6.45, 7) is 6.31. The zero-order chi connectivity index (χ0) is 17.9. The third-order valence-electron chi connectivity index (χ3n) is 3.44. The molecule has 1 aromatic carbocycles. The van der Waals surface area contributed by atoms with Crippen molar-refractivity contribution in [1.82, 2.24) is 15.6 Å². The minimum Gasteiger partial charge on any atom is -0.494 e. The van der Waals surface area contributed by atoms with E-state index in [9.17, 15) is 0 Å². The van der Waals surface area contributed by atoms with Crippen LogP contribution in [0.1, 0.15) is 24.5 Å². The van der Waals surface area contributed by atoms with Gasteiger partial charge < -0.3 is 15.4 Å². The Morgan fingerprint density at radius 2 is 2.19 bits per heavy atom. The smallest absolute Gasteiger partial charge is 0.191 e. The molecule has 0 unspecified atom stereocenters. The molecule has 1 aromatic heterocycles. The zero-order valence-electron chi connectivity index (χ0n) is 15.4. The molecule has 2 rings (SSSR count). The first-order chi connectivity index (χ1) is 12.2. The van der Waals surface area contributed by atoms with Gasteiger partial charge in [-0.1, -0.05) is 23.9 Å². The third-order valence-corrected chi connectivity index (χ3v) is 5.49. The molecule has 0 aliphatic heterocycles. The molecule has 0 amide bonds. The summed E-state index contributed by atoms with van der Waals surface area (Å²) in [6.07, 6.45) is 2.90. The average molecular weight is 506 g/mol. The van der Waals surface area contributed by atoms with Crippen LogP contribution in [-0.2, 0) is 6.54 Å². The molecule has 0 saturated carbocycles. The van der Waals surface area contributed by atoms with Crippen LogP contribution in [0.5, 0.6) is 5.75 Å². The minimum atomic E-state index is 0. The molecule has 2 aromatic rings. The SMILES string of the molecule is CCOc1cc(C)ccc1CNC(=NC)NCCCSc1nccs1.I. The number of aromatic nitrogens is 1. The number of rotatable bonds is 9. The number of guanidine groups is 1. The number of nitrogens with zero attached hydrogens (tertiary/aromatic N) is 2. The lowest BCUT2D eigenvalue weighted by Gasteiger charge is -2.15. The Labute approximate surface area is 181 Å². The highest BCUT2D eigenvalue weighted by atomic mass is 127. The van der Waals surface area contributed by atoms with Gasteiger partial charge in [0.15, 0.2) is 5.96 Å². The molecule has 0 fully saturated rings. The second-order valence-corrected chi connectivity index (χ2v) is 7.63. The normalized spacial score (nSPS) is 11.0. The molecule has 26 heavy (non-hydrogen) atoms. The topological polar surface area (TPSA) is 58.5 Å². The number of aryl methyl sites for hydroxylation is 1. The van der Waals surface area contributed by atoms with Crippen molar-refractivity contribution in [3.63, 3.8) is 0 Å². The van der Waals surface area contributed by atoms with Crippen molar-refractivity contribution in [2.75, 3.05) is 26.0 Å². The molecule has 0 radical (unpaired) electrons. The number of thiazole rings is 1. The summed E-state index contributed by atoms with van der Waals surface area (Å²) in [7, 11) is 1.79. The third kappa shape index (κ3) is 8.13. The van der Waals surface area contributed by atoms with E-state index in [0.29, 0.717) is 13.2 Å². The second kappa shape index (κ2) is 13.2. The van der Waals surface area contributed by atoms with E-state index in [2.05, 4.69) is 45.7 Å². The van der Waals surface area contributed by atoms with E-state index in [-0.39, 0.29) is 24.0 Å². The van der Waals surface area contributed by atoms with E-state index >= 15 is 0 Å². The van der Waals surface area contributed by atoms with Gasteiger partial charge in [-0.3, -0.25) is 4.99 Å². The number of benzene rings is 1. The van der Waals surface area contributed by atoms with E-state index in [0.717, 1.165) is 40.3 Å². The highest BCUT2D eigenvalue weighted by Crippen LogP contribution is 2.21. The fourth-order valence-corrected chi connectivity index (χ4v) is 3.86. The van der Waals surface area contributed by atoms with Gasteiger partial charge in [0, 0.05) is 43.0 Å². The van der Waals surface area contributed by atoms with Gasteiger partial charge in [-0.25, -0.2) is 4.98 Å². The number of aliphatic imine (C=N–C) groups is 1. The Balaban J connectivity index is 0.00000338. The van der Waals surface area contributed by atoms with Crippen LogP contribution < -0.4 is 15.4 Å². The van der Waals surface area contributed by atoms with Crippen molar-refractivity contribution < 1.29 is 4.74 Å². The number of halogens is 1. The Kier molecular flexibility index (Phi) is 11.7. The molecule has 8 heteroatoms. The maximum absolute atomic E-state index is 5.72. The summed E-state index contributed by atoms with van der Waals surface area (Å²) in [5, 5.41) is 8.71. The summed E-state index contributed by atoms with van der Waals surface area (Å²) < 4.78 is 6.85. The van der Waals surface area contributed by atoms with Crippen molar-refractivity contribution in [2.45, 2.75) is 31.2 Å². The summed E-state index contributed by atoms with van der Waals surface area (Å²) >= 11 is 3.48. The minimum absolute atomic E-state index is 0. The van der Waals surface area contributed by atoms with E-state index < -0.39 is 0 Å². The fraction of sp³-hybridized carbons (Fsp3) is 0.444. The highest BCUT2D eigenvalue weighted by Gasteiger charge is 2.05. The molecule has 0 bridgehead atoms. The summed E-state index contributed by atoms with van der Waals surface area (Å²) in [6, 6.07) is 6.28. The van der Waals surface area contributed by atoms with Crippen LogP contribution >= 0.6 is 47.1 Å². The van der Waals surface area contributed by atoms with Gasteiger partial charge in [0.2, 0.25) is 0 Å². The van der Waals surface area contributed by atoms with Gasteiger partial charge in [-0.05, 0) is 31.9 Å². The van der Waals surface area contributed by atoms with Gasteiger partial charge in [-0.15, -0.1) is 35.3 Å². The number of thioether (sulfide) groups is 1. The van der Waals surface area contributed by atoms with Crippen molar-refractivity contribution in [3.8, 4) is 5.75 Å². The molecule has 2 N–H and O–H groups in total. The van der Waals surface area contributed by atoms with Crippen LogP contribution in [-0.4, -0.2) is 36.9 Å². The molecule has 5 nitrogen and oxygen atoms in total. The largest absolute Gasteiger partial charge is 0.494 e.